The lowest BCUT2D eigenvalue weighted by Crippen LogP contribution is -2.34. The van der Waals surface area contributed by atoms with Gasteiger partial charge in [0.25, 0.3) is 0 Å². The van der Waals surface area contributed by atoms with Crippen LogP contribution >= 0.6 is 0 Å². The third-order valence-electron chi connectivity index (χ3n) is 2.65. The van der Waals surface area contributed by atoms with E-state index in [-0.39, 0.29) is 11.4 Å². The third kappa shape index (κ3) is 5.68. The van der Waals surface area contributed by atoms with Crippen LogP contribution in [0.15, 0.2) is 24.3 Å². The van der Waals surface area contributed by atoms with E-state index in [1.807, 2.05) is 38.1 Å². The Bertz CT molecular complexity index is 380. The van der Waals surface area contributed by atoms with Crippen molar-refractivity contribution >= 4 is 5.91 Å². The lowest BCUT2D eigenvalue weighted by atomic mass is 10.00. The molecule has 1 aromatic carbocycles. The van der Waals surface area contributed by atoms with Gasteiger partial charge in [-0.05, 0) is 38.0 Å². The lowest BCUT2D eigenvalue weighted by molar-refractivity contribution is -0.121. The van der Waals surface area contributed by atoms with Gasteiger partial charge in [-0.15, -0.1) is 0 Å². The van der Waals surface area contributed by atoms with Gasteiger partial charge < -0.3 is 15.8 Å². The molecule has 0 fully saturated rings. The summed E-state index contributed by atoms with van der Waals surface area (Å²) in [6.07, 6.45) is 1.14. The maximum absolute atomic E-state index is 11.6. The fourth-order valence-corrected chi connectivity index (χ4v) is 1.47. The highest BCUT2D eigenvalue weighted by Crippen LogP contribution is 2.11. The Morgan fingerprint density at radius 2 is 1.94 bits per heavy atom. The fourth-order valence-electron chi connectivity index (χ4n) is 1.47. The molecule has 0 aliphatic carbocycles. The molecule has 18 heavy (non-hydrogen) atoms. The molecule has 4 nitrogen and oxygen atoms in total. The van der Waals surface area contributed by atoms with Gasteiger partial charge in [-0.25, -0.2) is 0 Å². The van der Waals surface area contributed by atoms with Crippen LogP contribution < -0.4 is 15.8 Å². The topological polar surface area (TPSA) is 64.3 Å². The molecule has 0 aromatic heterocycles. The Morgan fingerprint density at radius 3 is 2.44 bits per heavy atom. The van der Waals surface area contributed by atoms with Gasteiger partial charge in [0.05, 0.1) is 7.11 Å². The van der Waals surface area contributed by atoms with E-state index in [9.17, 15) is 4.79 Å². The zero-order valence-electron chi connectivity index (χ0n) is 11.3. The lowest BCUT2D eigenvalue weighted by Gasteiger charge is -2.17. The van der Waals surface area contributed by atoms with Crippen LogP contribution in [-0.2, 0) is 11.3 Å². The molecule has 0 unspecified atom stereocenters. The van der Waals surface area contributed by atoms with Gasteiger partial charge in [-0.1, -0.05) is 12.1 Å². The van der Waals surface area contributed by atoms with Gasteiger partial charge in [-0.3, -0.25) is 4.79 Å². The molecule has 1 aromatic rings. The molecule has 0 aliphatic rings. The molecule has 0 spiro atoms. The van der Waals surface area contributed by atoms with Crippen LogP contribution in [0.1, 0.15) is 32.3 Å². The van der Waals surface area contributed by atoms with Crippen molar-refractivity contribution in [1.82, 2.24) is 5.32 Å². The van der Waals surface area contributed by atoms with E-state index in [4.69, 9.17) is 10.5 Å². The average molecular weight is 250 g/mol. The summed E-state index contributed by atoms with van der Waals surface area (Å²) in [4.78, 5) is 11.6. The highest BCUT2D eigenvalue weighted by molar-refractivity contribution is 5.75. The maximum Gasteiger partial charge on any atom is 0.220 e. The van der Waals surface area contributed by atoms with E-state index in [1.165, 1.54) is 0 Å². The van der Waals surface area contributed by atoms with Crippen LogP contribution in [-0.4, -0.2) is 18.6 Å². The number of ether oxygens (including phenoxy) is 1. The predicted molar refractivity (Wildman–Crippen MR) is 72.3 cm³/mol. The number of nitrogens with two attached hydrogens (primary N) is 1. The summed E-state index contributed by atoms with van der Waals surface area (Å²) in [5.41, 5.74) is 6.59. The number of carbonyl (C=O) groups is 1. The first kappa shape index (κ1) is 14.5. The van der Waals surface area contributed by atoms with Gasteiger partial charge in [0.1, 0.15) is 5.75 Å². The first-order valence-electron chi connectivity index (χ1n) is 6.09. The quantitative estimate of drug-likeness (QED) is 0.809. The van der Waals surface area contributed by atoms with Crippen LogP contribution in [0.3, 0.4) is 0 Å². The van der Waals surface area contributed by atoms with E-state index in [0.29, 0.717) is 19.4 Å². The fraction of sp³-hybridized carbons (Fsp3) is 0.500. The zero-order valence-corrected chi connectivity index (χ0v) is 11.3. The predicted octanol–water partition coefficient (Wildman–Crippen LogP) is 1.83. The molecule has 0 saturated heterocycles. The second-order valence-corrected chi connectivity index (χ2v) is 5.11. The standard InChI is InChI=1S/C14H22N2O2/c1-14(2,15)9-8-13(17)16-10-11-4-6-12(18-3)7-5-11/h4-7H,8-10,15H2,1-3H3,(H,16,17). The normalized spacial score (nSPS) is 11.1. The minimum Gasteiger partial charge on any atom is -0.497 e. The summed E-state index contributed by atoms with van der Waals surface area (Å²) in [6, 6.07) is 7.63. The van der Waals surface area contributed by atoms with Crippen LogP contribution in [0.25, 0.3) is 0 Å². The maximum atomic E-state index is 11.6. The Morgan fingerprint density at radius 1 is 1.33 bits per heavy atom. The molecule has 0 saturated carbocycles. The number of nitrogens with one attached hydrogen (secondary N) is 1. The summed E-state index contributed by atoms with van der Waals surface area (Å²) < 4.78 is 5.07. The minimum absolute atomic E-state index is 0.0318. The van der Waals surface area contributed by atoms with Crippen LogP contribution in [0.2, 0.25) is 0 Å². The van der Waals surface area contributed by atoms with E-state index in [0.717, 1.165) is 11.3 Å². The molecule has 1 rings (SSSR count). The van der Waals surface area contributed by atoms with Gasteiger partial charge in [0.2, 0.25) is 5.91 Å². The molecular formula is C14H22N2O2. The largest absolute Gasteiger partial charge is 0.497 e. The van der Waals surface area contributed by atoms with Crippen molar-refractivity contribution in [3.8, 4) is 5.75 Å². The number of methoxy groups -OCH3 is 1. The first-order chi connectivity index (χ1) is 8.40. The molecule has 1 amide bonds. The summed E-state index contributed by atoms with van der Waals surface area (Å²) in [6.45, 7) is 4.38. The minimum atomic E-state index is -0.294. The van der Waals surface area contributed by atoms with Crippen molar-refractivity contribution in [3.05, 3.63) is 29.8 Å². The molecule has 100 valence electrons. The number of hydrogen-bond acceptors (Lipinski definition) is 3. The summed E-state index contributed by atoms with van der Waals surface area (Å²) in [5.74, 6) is 0.847. The van der Waals surface area contributed by atoms with Crippen molar-refractivity contribution in [1.29, 1.82) is 0 Å². The van der Waals surface area contributed by atoms with Gasteiger partial charge in [0, 0.05) is 18.5 Å². The molecule has 0 aliphatic heterocycles. The van der Waals surface area contributed by atoms with Crippen LogP contribution in [0.4, 0.5) is 0 Å². The van der Waals surface area contributed by atoms with Gasteiger partial charge in [0.15, 0.2) is 0 Å². The summed E-state index contributed by atoms with van der Waals surface area (Å²) >= 11 is 0. The number of rotatable bonds is 6. The van der Waals surface area contributed by atoms with Crippen molar-refractivity contribution in [3.63, 3.8) is 0 Å². The monoisotopic (exact) mass is 250 g/mol. The molecule has 3 N–H and O–H groups in total. The second kappa shape index (κ2) is 6.40. The molecule has 0 radical (unpaired) electrons. The Balaban J connectivity index is 2.33. The highest BCUT2D eigenvalue weighted by Gasteiger charge is 2.12. The Hall–Kier alpha value is -1.55. The molecular weight excluding hydrogens is 228 g/mol. The van der Waals surface area contributed by atoms with E-state index < -0.39 is 0 Å². The van der Waals surface area contributed by atoms with E-state index >= 15 is 0 Å². The smallest absolute Gasteiger partial charge is 0.220 e. The van der Waals surface area contributed by atoms with Crippen LogP contribution in [0.5, 0.6) is 5.75 Å². The van der Waals surface area contributed by atoms with E-state index in [1.54, 1.807) is 7.11 Å². The summed E-state index contributed by atoms with van der Waals surface area (Å²) in [7, 11) is 1.63. The Kier molecular flexibility index (Phi) is 5.16. The molecule has 4 heteroatoms. The number of amides is 1. The van der Waals surface area contributed by atoms with Crippen molar-refractivity contribution in [2.24, 2.45) is 5.73 Å². The van der Waals surface area contributed by atoms with Crippen molar-refractivity contribution in [2.75, 3.05) is 7.11 Å². The first-order valence-corrected chi connectivity index (χ1v) is 6.09. The van der Waals surface area contributed by atoms with Gasteiger partial charge in [-0.2, -0.15) is 0 Å². The number of hydrogen-bond donors (Lipinski definition) is 2. The second-order valence-electron chi connectivity index (χ2n) is 5.11. The number of benzene rings is 1. The Labute approximate surface area is 109 Å². The molecule has 0 atom stereocenters. The summed E-state index contributed by atoms with van der Waals surface area (Å²) in [5, 5.41) is 2.87. The van der Waals surface area contributed by atoms with Gasteiger partial charge >= 0.3 is 0 Å². The van der Waals surface area contributed by atoms with Crippen LogP contribution in [0, 0.1) is 0 Å². The molecule has 0 bridgehead atoms. The zero-order chi connectivity index (χ0) is 13.6. The molecule has 0 heterocycles. The SMILES string of the molecule is COc1ccc(CNC(=O)CCC(C)(C)N)cc1. The third-order valence-corrected chi connectivity index (χ3v) is 2.65. The van der Waals surface area contributed by atoms with E-state index in [2.05, 4.69) is 5.32 Å². The van der Waals surface area contributed by atoms with Crippen molar-refractivity contribution in [2.45, 2.75) is 38.8 Å². The highest BCUT2D eigenvalue weighted by atomic mass is 16.5. The number of carbonyl (C=O) groups excluding carboxylic acids is 1. The van der Waals surface area contributed by atoms with Crippen molar-refractivity contribution < 1.29 is 9.53 Å². The average Bonchev–Trinajstić information content (AvgIpc) is 2.33.